The molecule has 0 bridgehead atoms. The van der Waals surface area contributed by atoms with Crippen molar-refractivity contribution in [2.45, 2.75) is 37.8 Å². The summed E-state index contributed by atoms with van der Waals surface area (Å²) in [6.07, 6.45) is 12.4. The highest BCUT2D eigenvalue weighted by Crippen LogP contribution is 2.30. The molecule has 82 valence electrons. The van der Waals surface area contributed by atoms with Crippen molar-refractivity contribution in [3.8, 4) is 0 Å². The maximum atomic E-state index is 4.47. The second-order valence-corrected chi connectivity index (χ2v) is 4.40. The lowest BCUT2D eigenvalue weighted by Crippen LogP contribution is -1.97. The van der Waals surface area contributed by atoms with Crippen LogP contribution >= 0.6 is 0 Å². The molecule has 1 aromatic rings. The Bertz CT molecular complexity index is 399. The summed E-state index contributed by atoms with van der Waals surface area (Å²) >= 11 is 0. The Labute approximate surface area is 95.3 Å². The molecule has 1 aromatic heterocycles. The van der Waals surface area contributed by atoms with E-state index < -0.39 is 0 Å². The molecule has 0 fully saturated rings. The minimum Gasteiger partial charge on any atom is -0.289 e. The van der Waals surface area contributed by atoms with Gasteiger partial charge in [0.1, 0.15) is 0 Å². The van der Waals surface area contributed by atoms with E-state index in [9.17, 15) is 0 Å². The average Bonchev–Trinajstić information content (AvgIpc) is 3.03. The predicted molar refractivity (Wildman–Crippen MR) is 65.2 cm³/mol. The summed E-state index contributed by atoms with van der Waals surface area (Å²) in [5.74, 6) is 0. The second kappa shape index (κ2) is 4.16. The van der Waals surface area contributed by atoms with Gasteiger partial charge < -0.3 is 0 Å². The van der Waals surface area contributed by atoms with Crippen LogP contribution in [0.5, 0.6) is 0 Å². The summed E-state index contributed by atoms with van der Waals surface area (Å²) in [4.78, 5) is 13.3. The van der Waals surface area contributed by atoms with Gasteiger partial charge in [-0.2, -0.15) is 0 Å². The second-order valence-electron chi connectivity index (χ2n) is 4.40. The Morgan fingerprint density at radius 1 is 0.875 bits per heavy atom. The molecule has 0 amide bonds. The van der Waals surface area contributed by atoms with E-state index >= 15 is 0 Å². The van der Waals surface area contributed by atoms with Crippen molar-refractivity contribution in [2.24, 2.45) is 9.98 Å². The van der Waals surface area contributed by atoms with E-state index in [0.29, 0.717) is 12.1 Å². The van der Waals surface area contributed by atoms with E-state index in [1.54, 1.807) is 0 Å². The van der Waals surface area contributed by atoms with Crippen LogP contribution in [0.2, 0.25) is 0 Å². The highest BCUT2D eigenvalue weighted by Gasteiger charge is 2.17. The molecule has 3 heteroatoms. The van der Waals surface area contributed by atoms with Crippen LogP contribution in [0.1, 0.15) is 48.9 Å². The molecule has 2 unspecified atom stereocenters. The maximum Gasteiger partial charge on any atom is 0.0763 e. The van der Waals surface area contributed by atoms with Gasteiger partial charge in [0.15, 0.2) is 0 Å². The molecule has 3 rings (SSSR count). The standard InChI is InChI=1S/C13H15N3/c1-3-12(15-5-1)10-7-11(9-14-8-10)13-4-2-6-16-13/h5-9,12-13H,1-4H2. The van der Waals surface area contributed by atoms with Gasteiger partial charge in [-0.15, -0.1) is 0 Å². The highest BCUT2D eigenvalue weighted by molar-refractivity contribution is 5.61. The first-order valence-electron chi connectivity index (χ1n) is 5.91. The van der Waals surface area contributed by atoms with Crippen LogP contribution in [0.4, 0.5) is 0 Å². The quantitative estimate of drug-likeness (QED) is 0.744. The summed E-state index contributed by atoms with van der Waals surface area (Å²) in [7, 11) is 0. The Kier molecular flexibility index (Phi) is 2.52. The van der Waals surface area contributed by atoms with Crippen LogP contribution in [0.15, 0.2) is 28.4 Å². The van der Waals surface area contributed by atoms with Crippen molar-refractivity contribution in [1.29, 1.82) is 0 Å². The minimum atomic E-state index is 0.331. The zero-order valence-electron chi connectivity index (χ0n) is 9.21. The number of rotatable bonds is 2. The highest BCUT2D eigenvalue weighted by atomic mass is 14.8. The van der Waals surface area contributed by atoms with Crippen LogP contribution in [-0.2, 0) is 0 Å². The summed E-state index contributed by atoms with van der Waals surface area (Å²) in [6, 6.07) is 2.89. The SMILES string of the molecule is C1=NC(c2cncc(C3CCC=N3)c2)CC1. The molecule has 0 spiro atoms. The topological polar surface area (TPSA) is 37.6 Å². The van der Waals surface area contributed by atoms with Gasteiger partial charge in [0.2, 0.25) is 0 Å². The molecule has 2 aliphatic heterocycles. The van der Waals surface area contributed by atoms with Gasteiger partial charge in [0.25, 0.3) is 0 Å². The summed E-state index contributed by atoms with van der Waals surface area (Å²) in [5.41, 5.74) is 2.49. The fourth-order valence-electron chi connectivity index (χ4n) is 2.36. The van der Waals surface area contributed by atoms with Crippen LogP contribution in [0.25, 0.3) is 0 Å². The number of aliphatic imine (C=N–C) groups is 2. The number of hydrogen-bond acceptors (Lipinski definition) is 3. The first kappa shape index (κ1) is 9.70. The van der Waals surface area contributed by atoms with E-state index in [2.05, 4.69) is 21.0 Å². The van der Waals surface area contributed by atoms with Crippen LogP contribution < -0.4 is 0 Å². The van der Waals surface area contributed by atoms with Gasteiger partial charge in [0, 0.05) is 12.4 Å². The fourth-order valence-corrected chi connectivity index (χ4v) is 2.36. The lowest BCUT2D eigenvalue weighted by molar-refractivity contribution is 0.694. The molecule has 0 N–H and O–H groups in total. The molecular weight excluding hydrogens is 198 g/mol. The molecule has 0 radical (unpaired) electrons. The molecule has 16 heavy (non-hydrogen) atoms. The molecule has 2 aliphatic rings. The molecular formula is C13H15N3. The smallest absolute Gasteiger partial charge is 0.0763 e. The summed E-state index contributed by atoms with van der Waals surface area (Å²) < 4.78 is 0. The van der Waals surface area contributed by atoms with Gasteiger partial charge in [0.05, 0.1) is 12.1 Å². The third-order valence-electron chi connectivity index (χ3n) is 3.26. The summed E-state index contributed by atoms with van der Waals surface area (Å²) in [6.45, 7) is 0. The number of aromatic nitrogens is 1. The number of nitrogens with zero attached hydrogens (tertiary/aromatic N) is 3. The number of hydrogen-bond donors (Lipinski definition) is 0. The Morgan fingerprint density at radius 2 is 1.44 bits per heavy atom. The van der Waals surface area contributed by atoms with Crippen molar-refractivity contribution in [3.63, 3.8) is 0 Å². The summed E-state index contributed by atoms with van der Waals surface area (Å²) in [5, 5.41) is 0. The molecule has 3 nitrogen and oxygen atoms in total. The van der Waals surface area contributed by atoms with Crippen LogP contribution in [-0.4, -0.2) is 17.4 Å². The normalized spacial score (nSPS) is 27.8. The van der Waals surface area contributed by atoms with Crippen LogP contribution in [0.3, 0.4) is 0 Å². The van der Waals surface area contributed by atoms with E-state index in [-0.39, 0.29) is 0 Å². The predicted octanol–water partition coefficient (Wildman–Crippen LogP) is 2.89. The van der Waals surface area contributed by atoms with E-state index in [1.165, 1.54) is 11.1 Å². The molecule has 3 heterocycles. The molecule has 0 saturated heterocycles. The van der Waals surface area contributed by atoms with Gasteiger partial charge in [-0.1, -0.05) is 0 Å². The Balaban J connectivity index is 1.87. The Morgan fingerprint density at radius 3 is 1.88 bits per heavy atom. The van der Waals surface area contributed by atoms with Gasteiger partial charge in [-0.25, -0.2) is 0 Å². The third-order valence-corrected chi connectivity index (χ3v) is 3.26. The third kappa shape index (κ3) is 1.77. The minimum absolute atomic E-state index is 0.331. The van der Waals surface area contributed by atoms with Gasteiger partial charge >= 0.3 is 0 Å². The van der Waals surface area contributed by atoms with Crippen molar-refractivity contribution in [2.75, 3.05) is 0 Å². The van der Waals surface area contributed by atoms with Crippen molar-refractivity contribution >= 4 is 12.4 Å². The molecule has 0 saturated carbocycles. The van der Waals surface area contributed by atoms with Gasteiger partial charge in [-0.05, 0) is 55.3 Å². The maximum absolute atomic E-state index is 4.47. The monoisotopic (exact) mass is 213 g/mol. The zero-order chi connectivity index (χ0) is 10.8. The first-order valence-corrected chi connectivity index (χ1v) is 5.91. The van der Waals surface area contributed by atoms with Crippen molar-refractivity contribution < 1.29 is 0 Å². The zero-order valence-corrected chi connectivity index (χ0v) is 9.21. The molecule has 0 aliphatic carbocycles. The van der Waals surface area contributed by atoms with Crippen LogP contribution in [0, 0.1) is 0 Å². The number of pyridine rings is 1. The van der Waals surface area contributed by atoms with E-state index in [0.717, 1.165) is 25.7 Å². The average molecular weight is 213 g/mol. The van der Waals surface area contributed by atoms with Crippen molar-refractivity contribution in [3.05, 3.63) is 29.6 Å². The molecule has 2 atom stereocenters. The lowest BCUT2D eigenvalue weighted by Gasteiger charge is -2.11. The van der Waals surface area contributed by atoms with Crippen molar-refractivity contribution in [1.82, 2.24) is 4.98 Å². The van der Waals surface area contributed by atoms with E-state index in [1.807, 2.05) is 24.8 Å². The molecule has 0 aromatic carbocycles. The van der Waals surface area contributed by atoms with Gasteiger partial charge in [-0.3, -0.25) is 15.0 Å². The van der Waals surface area contributed by atoms with E-state index in [4.69, 9.17) is 0 Å². The first-order chi connectivity index (χ1) is 7.93. The lowest BCUT2D eigenvalue weighted by atomic mass is 10.0. The largest absolute Gasteiger partial charge is 0.289 e. The Hall–Kier alpha value is -1.51. The fraction of sp³-hybridized carbons (Fsp3) is 0.462.